The number of methoxy groups -OCH3 is 2. The summed E-state index contributed by atoms with van der Waals surface area (Å²) in [5.74, 6) is 0.451. The number of nitrogens with one attached hydrogen (secondary N) is 2. The van der Waals surface area contributed by atoms with Gasteiger partial charge in [0.1, 0.15) is 11.0 Å². The van der Waals surface area contributed by atoms with Gasteiger partial charge in [-0.15, -0.1) is 0 Å². The van der Waals surface area contributed by atoms with Gasteiger partial charge in [0.2, 0.25) is 23.1 Å². The lowest BCUT2D eigenvalue weighted by molar-refractivity contribution is 0.256. The Balaban J connectivity index is 1.75. The number of aliphatic imine (C=N–C) groups is 1. The van der Waals surface area contributed by atoms with Crippen LogP contribution in [0.1, 0.15) is 0 Å². The first kappa shape index (κ1) is 18.9. The summed E-state index contributed by atoms with van der Waals surface area (Å²) in [6, 6.07) is 0.325. The molecular formula is C14H15ClN6O5S. The number of halogens is 1. The number of ether oxygens (including phenoxy) is 2. The van der Waals surface area contributed by atoms with E-state index in [2.05, 4.69) is 20.3 Å². The van der Waals surface area contributed by atoms with Crippen LogP contribution >= 0.6 is 11.6 Å². The molecule has 2 aliphatic rings. The fourth-order valence-corrected chi connectivity index (χ4v) is 4.22. The highest BCUT2D eigenvalue weighted by molar-refractivity contribution is 7.91. The smallest absolute Gasteiger partial charge is 0.335 e. The first-order chi connectivity index (χ1) is 12.8. The molecule has 0 aromatic carbocycles. The van der Waals surface area contributed by atoms with Crippen LogP contribution in [-0.2, 0) is 10.0 Å². The van der Waals surface area contributed by atoms with Crippen LogP contribution in [0.3, 0.4) is 0 Å². The van der Waals surface area contributed by atoms with Gasteiger partial charge in [-0.2, -0.15) is 9.97 Å². The van der Waals surface area contributed by atoms with Gasteiger partial charge in [0.25, 0.3) is 10.0 Å². The molecule has 27 heavy (non-hydrogen) atoms. The molecule has 144 valence electrons. The Morgan fingerprint density at radius 2 is 1.96 bits per heavy atom. The van der Waals surface area contributed by atoms with Crippen molar-refractivity contribution in [3.63, 3.8) is 0 Å². The van der Waals surface area contributed by atoms with E-state index in [0.717, 1.165) is 0 Å². The third-order valence-electron chi connectivity index (χ3n) is 3.54. The lowest BCUT2D eigenvalue weighted by atomic mass is 10.3. The quantitative estimate of drug-likeness (QED) is 0.716. The number of sulfonamides is 1. The number of hydrogen-bond donors (Lipinski definition) is 2. The van der Waals surface area contributed by atoms with Gasteiger partial charge in [0.05, 0.1) is 20.3 Å². The number of urea groups is 1. The number of carbonyl (C=O) groups excluding carboxylic acids is 1. The predicted molar refractivity (Wildman–Crippen MR) is 97.2 cm³/mol. The molecule has 1 unspecified atom stereocenters. The van der Waals surface area contributed by atoms with Crippen LogP contribution in [0.15, 0.2) is 35.1 Å². The van der Waals surface area contributed by atoms with E-state index in [9.17, 15) is 13.2 Å². The number of amides is 2. The highest BCUT2D eigenvalue weighted by atomic mass is 35.5. The molecule has 11 nitrogen and oxygen atoms in total. The average Bonchev–Trinajstić information content (AvgIpc) is 2.97. The minimum atomic E-state index is -4.22. The highest BCUT2D eigenvalue weighted by Crippen LogP contribution is 2.28. The van der Waals surface area contributed by atoms with E-state index < -0.39 is 21.4 Å². The Labute approximate surface area is 159 Å². The number of nitrogens with zero attached hydrogens (tertiary/aromatic N) is 4. The Kier molecular flexibility index (Phi) is 5.19. The number of rotatable bonds is 5. The Morgan fingerprint density at radius 1 is 1.30 bits per heavy atom. The lowest BCUT2D eigenvalue weighted by Gasteiger charge is -2.26. The van der Waals surface area contributed by atoms with Crippen LogP contribution in [0.5, 0.6) is 11.8 Å². The molecular weight excluding hydrogens is 400 g/mol. The lowest BCUT2D eigenvalue weighted by Crippen LogP contribution is -2.49. The van der Waals surface area contributed by atoms with Gasteiger partial charge in [0, 0.05) is 6.54 Å². The van der Waals surface area contributed by atoms with Gasteiger partial charge < -0.3 is 14.4 Å². The third kappa shape index (κ3) is 3.95. The monoisotopic (exact) mass is 414 g/mol. The molecule has 0 radical (unpaired) electrons. The minimum absolute atomic E-state index is 0.126. The highest BCUT2D eigenvalue weighted by Gasteiger charge is 2.42. The molecule has 0 saturated heterocycles. The van der Waals surface area contributed by atoms with Crippen molar-refractivity contribution in [1.82, 2.24) is 19.6 Å². The number of aromatic nitrogens is 2. The summed E-state index contributed by atoms with van der Waals surface area (Å²) in [4.78, 5) is 25.4. The molecule has 13 heteroatoms. The van der Waals surface area contributed by atoms with Gasteiger partial charge in [-0.05, 0) is 6.08 Å². The zero-order valence-electron chi connectivity index (χ0n) is 14.2. The van der Waals surface area contributed by atoms with Crippen LogP contribution in [0, 0.1) is 0 Å². The summed E-state index contributed by atoms with van der Waals surface area (Å²) >= 11 is 5.99. The standard InChI is InChI=1S/C14H15ClN6O5S/c1-25-9-7-10(26-2)18-13(17-9)19-14(22)20-27(23,24)12-11(15)16-8-5-3-4-6-21(8)12/h3-5,7,12H,6H2,1-2H3,(H2,17,18,19,20,22). The summed E-state index contributed by atoms with van der Waals surface area (Å²) < 4.78 is 37.1. The summed E-state index contributed by atoms with van der Waals surface area (Å²) in [5.41, 5.74) is 0. The van der Waals surface area contributed by atoms with Crippen LogP contribution in [0.4, 0.5) is 10.7 Å². The van der Waals surface area contributed by atoms with Crippen molar-refractivity contribution >= 4 is 38.8 Å². The van der Waals surface area contributed by atoms with Crippen molar-refractivity contribution in [2.45, 2.75) is 5.37 Å². The van der Waals surface area contributed by atoms with E-state index in [1.165, 1.54) is 25.2 Å². The summed E-state index contributed by atoms with van der Waals surface area (Å²) in [6.45, 7) is 0.287. The molecule has 2 amide bonds. The van der Waals surface area contributed by atoms with Crippen LogP contribution in [0.2, 0.25) is 0 Å². The van der Waals surface area contributed by atoms with Gasteiger partial charge in [0.15, 0.2) is 0 Å². The second-order valence-corrected chi connectivity index (χ2v) is 7.40. The molecule has 1 atom stereocenters. The number of allylic oxidation sites excluding steroid dienone is 2. The molecule has 0 fully saturated rings. The summed E-state index contributed by atoms with van der Waals surface area (Å²) in [6.07, 6.45) is 5.10. The van der Waals surface area contributed by atoms with E-state index in [1.54, 1.807) is 18.2 Å². The number of hydrogen-bond acceptors (Lipinski definition) is 9. The van der Waals surface area contributed by atoms with Gasteiger partial charge in [-0.25, -0.2) is 22.9 Å². The third-order valence-corrected chi connectivity index (χ3v) is 5.49. The maximum absolute atomic E-state index is 12.6. The van der Waals surface area contributed by atoms with Crippen molar-refractivity contribution in [3.8, 4) is 11.8 Å². The van der Waals surface area contributed by atoms with Gasteiger partial charge in [-0.3, -0.25) is 5.32 Å². The number of anilines is 1. The van der Waals surface area contributed by atoms with Crippen molar-refractivity contribution in [2.75, 3.05) is 26.1 Å². The van der Waals surface area contributed by atoms with E-state index in [1.807, 2.05) is 4.72 Å². The molecule has 3 heterocycles. The fourth-order valence-electron chi connectivity index (χ4n) is 2.40. The maximum atomic E-state index is 12.6. The Bertz CT molecular complexity index is 938. The molecule has 1 aromatic heterocycles. The molecule has 1 aromatic rings. The molecule has 0 bridgehead atoms. The van der Waals surface area contributed by atoms with Gasteiger partial charge in [-0.1, -0.05) is 23.8 Å². The second kappa shape index (κ2) is 7.40. The summed E-state index contributed by atoms with van der Waals surface area (Å²) in [5, 5.41) is 0.736. The largest absolute Gasteiger partial charge is 0.481 e. The van der Waals surface area contributed by atoms with E-state index >= 15 is 0 Å². The molecule has 3 rings (SSSR count). The minimum Gasteiger partial charge on any atom is -0.481 e. The zero-order chi connectivity index (χ0) is 19.6. The Hall–Kier alpha value is -2.86. The van der Waals surface area contributed by atoms with Gasteiger partial charge >= 0.3 is 6.03 Å². The zero-order valence-corrected chi connectivity index (χ0v) is 15.8. The van der Waals surface area contributed by atoms with Crippen molar-refractivity contribution in [3.05, 3.63) is 30.1 Å². The fraction of sp³-hybridized carbons (Fsp3) is 0.286. The Morgan fingerprint density at radius 3 is 2.59 bits per heavy atom. The topological polar surface area (TPSA) is 135 Å². The first-order valence-electron chi connectivity index (χ1n) is 7.51. The summed E-state index contributed by atoms with van der Waals surface area (Å²) in [7, 11) is -1.48. The first-order valence-corrected chi connectivity index (χ1v) is 9.43. The predicted octanol–water partition coefficient (Wildman–Crippen LogP) is 0.635. The molecule has 0 saturated carbocycles. The normalized spacial score (nSPS) is 18.3. The number of carbonyl (C=O) groups is 1. The van der Waals surface area contributed by atoms with E-state index in [-0.39, 0.29) is 29.4 Å². The van der Waals surface area contributed by atoms with E-state index in [4.69, 9.17) is 21.1 Å². The maximum Gasteiger partial charge on any atom is 0.335 e. The second-order valence-electron chi connectivity index (χ2n) is 5.27. The van der Waals surface area contributed by atoms with Crippen LogP contribution < -0.4 is 19.5 Å². The number of fused-ring (bicyclic) bond motifs is 1. The molecule has 0 spiro atoms. The van der Waals surface area contributed by atoms with Crippen LogP contribution in [-0.4, -0.2) is 60.6 Å². The van der Waals surface area contributed by atoms with E-state index in [0.29, 0.717) is 5.82 Å². The average molecular weight is 415 g/mol. The molecule has 0 aliphatic carbocycles. The SMILES string of the molecule is COc1cc(OC)nc(NC(=O)NS(=O)(=O)C2C(Cl)=NC3=CC=CCN32)n1. The molecule has 2 N–H and O–H groups in total. The van der Waals surface area contributed by atoms with Crippen molar-refractivity contribution in [2.24, 2.45) is 4.99 Å². The van der Waals surface area contributed by atoms with Crippen molar-refractivity contribution in [1.29, 1.82) is 0 Å². The van der Waals surface area contributed by atoms with Crippen LogP contribution in [0.25, 0.3) is 0 Å². The molecule has 2 aliphatic heterocycles. The van der Waals surface area contributed by atoms with Crippen molar-refractivity contribution < 1.29 is 22.7 Å².